The van der Waals surface area contributed by atoms with E-state index < -0.39 is 5.60 Å². The van der Waals surface area contributed by atoms with Gasteiger partial charge in [0.1, 0.15) is 0 Å². The molecule has 2 aliphatic carbocycles. The Bertz CT molecular complexity index is 361. The third-order valence-corrected chi connectivity index (χ3v) is 4.18. The van der Waals surface area contributed by atoms with Crippen LogP contribution in [0, 0.1) is 0 Å². The molecule has 0 spiro atoms. The largest absolute Gasteiger partial charge is 0.385 e. The van der Waals surface area contributed by atoms with Crippen molar-refractivity contribution in [1.82, 2.24) is 0 Å². The molecule has 0 aromatic heterocycles. The standard InChI is InChI=1S/C14H18O/c15-14(8-3-9-14)13-7-2-6-12(10-13)11-4-1-5-11/h2,6-7,10-11,15H,1,3-5,8-9H2. The van der Waals surface area contributed by atoms with Gasteiger partial charge in [0, 0.05) is 0 Å². The second kappa shape index (κ2) is 3.34. The lowest BCUT2D eigenvalue weighted by Gasteiger charge is -2.38. The molecule has 0 radical (unpaired) electrons. The summed E-state index contributed by atoms with van der Waals surface area (Å²) in [7, 11) is 0. The lowest BCUT2D eigenvalue weighted by atomic mass is 9.73. The molecule has 1 aromatic rings. The molecule has 3 rings (SSSR count). The molecule has 0 atom stereocenters. The van der Waals surface area contributed by atoms with Gasteiger partial charge in [0.2, 0.25) is 0 Å². The van der Waals surface area contributed by atoms with Crippen molar-refractivity contribution >= 4 is 0 Å². The summed E-state index contributed by atoms with van der Waals surface area (Å²) < 4.78 is 0. The Balaban J connectivity index is 1.88. The van der Waals surface area contributed by atoms with Crippen molar-refractivity contribution in [1.29, 1.82) is 0 Å². The predicted octanol–water partition coefficient (Wildman–Crippen LogP) is 3.33. The van der Waals surface area contributed by atoms with Crippen molar-refractivity contribution < 1.29 is 5.11 Å². The van der Waals surface area contributed by atoms with Gasteiger partial charge in [0.05, 0.1) is 5.60 Å². The third kappa shape index (κ3) is 1.50. The van der Waals surface area contributed by atoms with Gasteiger partial charge in [0.25, 0.3) is 0 Å². The van der Waals surface area contributed by atoms with E-state index in [1.54, 1.807) is 0 Å². The first kappa shape index (κ1) is 9.41. The quantitative estimate of drug-likeness (QED) is 0.780. The lowest BCUT2D eigenvalue weighted by molar-refractivity contribution is -0.0388. The van der Waals surface area contributed by atoms with E-state index in [1.807, 2.05) is 0 Å². The minimum absolute atomic E-state index is 0.486. The van der Waals surface area contributed by atoms with E-state index in [9.17, 15) is 5.11 Å². The summed E-state index contributed by atoms with van der Waals surface area (Å²) in [6, 6.07) is 8.65. The number of aliphatic hydroxyl groups is 1. The van der Waals surface area contributed by atoms with Crippen LogP contribution in [0.3, 0.4) is 0 Å². The number of hydrogen-bond acceptors (Lipinski definition) is 1. The molecular formula is C14H18O. The Labute approximate surface area is 91.1 Å². The summed E-state index contributed by atoms with van der Waals surface area (Å²) in [6.07, 6.45) is 7.11. The SMILES string of the molecule is OC1(c2cccc(C3CCC3)c2)CCC1. The van der Waals surface area contributed by atoms with Gasteiger partial charge in [-0.05, 0) is 49.1 Å². The van der Waals surface area contributed by atoms with Crippen LogP contribution in [0.15, 0.2) is 24.3 Å². The van der Waals surface area contributed by atoms with Gasteiger partial charge >= 0.3 is 0 Å². The van der Waals surface area contributed by atoms with Crippen molar-refractivity contribution in [3.63, 3.8) is 0 Å². The third-order valence-electron chi connectivity index (χ3n) is 4.18. The zero-order valence-electron chi connectivity index (χ0n) is 9.08. The van der Waals surface area contributed by atoms with Crippen molar-refractivity contribution in [3.05, 3.63) is 35.4 Å². The van der Waals surface area contributed by atoms with E-state index >= 15 is 0 Å². The molecule has 1 heteroatoms. The summed E-state index contributed by atoms with van der Waals surface area (Å²) in [5, 5.41) is 10.3. The molecule has 80 valence electrons. The monoisotopic (exact) mass is 202 g/mol. The highest BCUT2D eigenvalue weighted by Crippen LogP contribution is 2.43. The molecule has 0 saturated heterocycles. The number of rotatable bonds is 2. The van der Waals surface area contributed by atoms with Gasteiger partial charge in [-0.15, -0.1) is 0 Å². The molecule has 0 heterocycles. The maximum Gasteiger partial charge on any atom is 0.0896 e. The lowest BCUT2D eigenvalue weighted by Crippen LogP contribution is -2.33. The summed E-state index contributed by atoms with van der Waals surface area (Å²) in [4.78, 5) is 0. The van der Waals surface area contributed by atoms with Gasteiger partial charge in [-0.1, -0.05) is 30.7 Å². The van der Waals surface area contributed by atoms with Crippen LogP contribution in [-0.4, -0.2) is 5.11 Å². The summed E-state index contributed by atoms with van der Waals surface area (Å²) in [5.74, 6) is 0.772. The van der Waals surface area contributed by atoms with Crippen LogP contribution in [0.4, 0.5) is 0 Å². The van der Waals surface area contributed by atoms with Crippen LogP contribution in [0.2, 0.25) is 0 Å². The molecule has 1 N–H and O–H groups in total. The molecule has 0 aliphatic heterocycles. The predicted molar refractivity (Wildman–Crippen MR) is 60.8 cm³/mol. The molecule has 2 saturated carbocycles. The van der Waals surface area contributed by atoms with Crippen LogP contribution in [0.25, 0.3) is 0 Å². The highest BCUT2D eigenvalue weighted by molar-refractivity contribution is 5.32. The highest BCUT2D eigenvalue weighted by atomic mass is 16.3. The van der Waals surface area contributed by atoms with Crippen molar-refractivity contribution in [2.24, 2.45) is 0 Å². The fraction of sp³-hybridized carbons (Fsp3) is 0.571. The Morgan fingerprint density at radius 2 is 1.93 bits per heavy atom. The molecular weight excluding hydrogens is 184 g/mol. The first-order valence-corrected chi connectivity index (χ1v) is 6.11. The van der Waals surface area contributed by atoms with Gasteiger partial charge in [-0.25, -0.2) is 0 Å². The van der Waals surface area contributed by atoms with Gasteiger partial charge < -0.3 is 5.11 Å². The van der Waals surface area contributed by atoms with Gasteiger partial charge in [-0.3, -0.25) is 0 Å². The second-order valence-corrected chi connectivity index (χ2v) is 5.14. The molecule has 0 amide bonds. The Morgan fingerprint density at radius 3 is 2.47 bits per heavy atom. The fourth-order valence-corrected chi connectivity index (χ4v) is 2.62. The van der Waals surface area contributed by atoms with Crippen molar-refractivity contribution in [2.45, 2.75) is 50.0 Å². The van der Waals surface area contributed by atoms with E-state index in [1.165, 1.54) is 31.2 Å². The minimum Gasteiger partial charge on any atom is -0.385 e. The van der Waals surface area contributed by atoms with Crippen LogP contribution < -0.4 is 0 Å². The molecule has 1 nitrogen and oxygen atoms in total. The minimum atomic E-state index is -0.486. The number of benzene rings is 1. The Hall–Kier alpha value is -0.820. The average Bonchev–Trinajstić information content (AvgIpc) is 2.12. The molecule has 0 unspecified atom stereocenters. The summed E-state index contributed by atoms with van der Waals surface area (Å²) in [5.41, 5.74) is 2.11. The van der Waals surface area contributed by atoms with Crippen LogP contribution in [-0.2, 0) is 5.60 Å². The number of hydrogen-bond donors (Lipinski definition) is 1. The zero-order chi connectivity index (χ0) is 10.3. The molecule has 2 fully saturated rings. The Kier molecular flexibility index (Phi) is 2.10. The van der Waals surface area contributed by atoms with Crippen LogP contribution in [0.1, 0.15) is 55.6 Å². The highest BCUT2D eigenvalue weighted by Gasteiger charge is 2.36. The second-order valence-electron chi connectivity index (χ2n) is 5.14. The normalized spacial score (nSPS) is 24.3. The Morgan fingerprint density at radius 1 is 1.13 bits per heavy atom. The van der Waals surface area contributed by atoms with E-state index in [-0.39, 0.29) is 0 Å². The van der Waals surface area contributed by atoms with Crippen molar-refractivity contribution in [2.75, 3.05) is 0 Å². The molecule has 2 aliphatic rings. The van der Waals surface area contributed by atoms with Gasteiger partial charge in [0.15, 0.2) is 0 Å². The van der Waals surface area contributed by atoms with Crippen LogP contribution >= 0.6 is 0 Å². The first-order valence-electron chi connectivity index (χ1n) is 6.11. The van der Waals surface area contributed by atoms with E-state index in [0.717, 1.165) is 24.3 Å². The van der Waals surface area contributed by atoms with Crippen molar-refractivity contribution in [3.8, 4) is 0 Å². The van der Waals surface area contributed by atoms with Gasteiger partial charge in [-0.2, -0.15) is 0 Å². The van der Waals surface area contributed by atoms with E-state index in [4.69, 9.17) is 0 Å². The van der Waals surface area contributed by atoms with E-state index in [2.05, 4.69) is 24.3 Å². The average molecular weight is 202 g/mol. The smallest absolute Gasteiger partial charge is 0.0896 e. The fourth-order valence-electron chi connectivity index (χ4n) is 2.62. The topological polar surface area (TPSA) is 20.2 Å². The van der Waals surface area contributed by atoms with Crippen LogP contribution in [0.5, 0.6) is 0 Å². The molecule has 15 heavy (non-hydrogen) atoms. The zero-order valence-corrected chi connectivity index (χ0v) is 9.08. The summed E-state index contributed by atoms with van der Waals surface area (Å²) >= 11 is 0. The molecule has 0 bridgehead atoms. The molecule has 1 aromatic carbocycles. The summed E-state index contributed by atoms with van der Waals surface area (Å²) in [6.45, 7) is 0. The maximum atomic E-state index is 10.3. The van der Waals surface area contributed by atoms with E-state index in [0.29, 0.717) is 0 Å². The first-order chi connectivity index (χ1) is 7.28. The maximum absolute atomic E-state index is 10.3.